The fraction of sp³-hybridized carbons (Fsp3) is 0.391. The summed E-state index contributed by atoms with van der Waals surface area (Å²) in [5.41, 5.74) is 3.05. The molecule has 29 heavy (non-hydrogen) atoms. The smallest absolute Gasteiger partial charge is 0.257 e. The minimum atomic E-state index is -0.0725. The lowest BCUT2D eigenvalue weighted by molar-refractivity contribution is 0.167. The highest BCUT2D eigenvalue weighted by Gasteiger charge is 2.39. The lowest BCUT2D eigenvalue weighted by atomic mass is 10.1. The largest absolute Gasteiger partial charge is 0.368 e. The summed E-state index contributed by atoms with van der Waals surface area (Å²) in [4.78, 5) is 24.4. The van der Waals surface area contributed by atoms with Crippen LogP contribution < -0.4 is 10.5 Å². The Hall–Kier alpha value is -2.37. The van der Waals surface area contributed by atoms with Crippen molar-refractivity contribution in [2.24, 2.45) is 0 Å². The molecule has 4 heterocycles. The highest BCUT2D eigenvalue weighted by Crippen LogP contribution is 2.33. The second kappa shape index (κ2) is 7.81. The number of anilines is 1. The number of fused-ring (bicyclic) bond motifs is 3. The van der Waals surface area contributed by atoms with E-state index in [4.69, 9.17) is 11.6 Å². The number of hydrogen-bond donors (Lipinski definition) is 1. The number of hydrogen-bond acceptors (Lipinski definition) is 4. The third-order valence-corrected chi connectivity index (χ3v) is 6.61. The van der Waals surface area contributed by atoms with Gasteiger partial charge in [-0.05, 0) is 74.7 Å². The molecule has 2 aliphatic heterocycles. The Kier molecular flexibility index (Phi) is 5.02. The van der Waals surface area contributed by atoms with Crippen LogP contribution in [0.1, 0.15) is 25.0 Å². The van der Waals surface area contributed by atoms with Crippen LogP contribution in [-0.2, 0) is 6.42 Å². The van der Waals surface area contributed by atoms with Crippen LogP contribution in [0.2, 0.25) is 5.02 Å². The van der Waals surface area contributed by atoms with Gasteiger partial charge in [-0.2, -0.15) is 0 Å². The molecule has 0 radical (unpaired) electrons. The molecular formula is C23H25ClN4O. The number of aromatic nitrogens is 2. The van der Waals surface area contributed by atoms with E-state index in [9.17, 15) is 4.79 Å². The van der Waals surface area contributed by atoms with E-state index >= 15 is 0 Å². The standard InChI is InChI=1S/C23H25ClN4O/c24-16-3-6-18(7-4-16)27-14-19-8-9-20(15-27)28(19)13-1-2-17-5-10-21-22(26-17)11-12-25-23(21)29/h3-7,10-12,19-20H,1-2,8-9,13-15H2,(H,25,29). The maximum atomic E-state index is 11.8. The second-order valence-electron chi connectivity index (χ2n) is 8.15. The van der Waals surface area contributed by atoms with Crippen LogP contribution in [0.4, 0.5) is 5.69 Å². The Morgan fingerprint density at radius 3 is 2.55 bits per heavy atom. The zero-order valence-corrected chi connectivity index (χ0v) is 17.1. The molecule has 2 saturated heterocycles. The summed E-state index contributed by atoms with van der Waals surface area (Å²) in [6.07, 6.45) is 6.27. The van der Waals surface area contributed by atoms with Crippen molar-refractivity contribution in [2.45, 2.75) is 37.8 Å². The fourth-order valence-electron chi connectivity index (χ4n) is 4.91. The summed E-state index contributed by atoms with van der Waals surface area (Å²) < 4.78 is 0. The summed E-state index contributed by atoms with van der Waals surface area (Å²) in [5.74, 6) is 0. The maximum absolute atomic E-state index is 11.8. The number of aryl methyl sites for hydroxylation is 1. The minimum absolute atomic E-state index is 0.0725. The summed E-state index contributed by atoms with van der Waals surface area (Å²) >= 11 is 6.04. The first-order valence-corrected chi connectivity index (χ1v) is 10.8. The monoisotopic (exact) mass is 408 g/mol. The number of H-pyrrole nitrogens is 1. The topological polar surface area (TPSA) is 52.2 Å². The molecule has 0 spiro atoms. The van der Waals surface area contributed by atoms with E-state index in [2.05, 4.69) is 31.9 Å². The van der Waals surface area contributed by atoms with E-state index in [1.165, 1.54) is 18.5 Å². The zero-order valence-electron chi connectivity index (χ0n) is 16.4. The number of pyridine rings is 2. The van der Waals surface area contributed by atoms with Gasteiger partial charge in [-0.3, -0.25) is 14.7 Å². The zero-order chi connectivity index (χ0) is 19.8. The van der Waals surface area contributed by atoms with E-state index in [1.54, 1.807) is 6.20 Å². The van der Waals surface area contributed by atoms with Crippen molar-refractivity contribution >= 4 is 28.2 Å². The summed E-state index contributed by atoms with van der Waals surface area (Å²) in [6.45, 7) is 3.29. The molecule has 2 unspecified atom stereocenters. The van der Waals surface area contributed by atoms with E-state index in [0.29, 0.717) is 17.5 Å². The second-order valence-corrected chi connectivity index (χ2v) is 8.59. The minimum Gasteiger partial charge on any atom is -0.368 e. The predicted molar refractivity (Wildman–Crippen MR) is 118 cm³/mol. The third-order valence-electron chi connectivity index (χ3n) is 6.36. The Labute approximate surface area is 175 Å². The van der Waals surface area contributed by atoms with E-state index < -0.39 is 0 Å². The van der Waals surface area contributed by atoms with E-state index in [1.807, 2.05) is 30.3 Å². The van der Waals surface area contributed by atoms with Crippen molar-refractivity contribution in [1.82, 2.24) is 14.9 Å². The summed E-state index contributed by atoms with van der Waals surface area (Å²) in [5, 5.41) is 1.45. The molecular weight excluding hydrogens is 384 g/mol. The van der Waals surface area contributed by atoms with Gasteiger partial charge in [0.2, 0.25) is 0 Å². The molecule has 2 bridgehead atoms. The number of rotatable bonds is 5. The number of halogens is 1. The molecule has 1 N–H and O–H groups in total. The van der Waals surface area contributed by atoms with Crippen molar-refractivity contribution in [3.8, 4) is 0 Å². The van der Waals surface area contributed by atoms with Gasteiger partial charge in [0.05, 0.1) is 10.9 Å². The third kappa shape index (κ3) is 3.77. The maximum Gasteiger partial charge on any atom is 0.257 e. The Morgan fingerprint density at radius 2 is 1.79 bits per heavy atom. The average Bonchev–Trinajstić information content (AvgIpc) is 2.96. The van der Waals surface area contributed by atoms with Crippen LogP contribution in [-0.4, -0.2) is 46.6 Å². The lowest BCUT2D eigenvalue weighted by Gasteiger charge is -2.42. The molecule has 2 aliphatic rings. The molecule has 3 aromatic rings. The Bertz CT molecular complexity index is 1050. The van der Waals surface area contributed by atoms with Crippen LogP contribution in [0.5, 0.6) is 0 Å². The van der Waals surface area contributed by atoms with Gasteiger partial charge in [0.25, 0.3) is 5.56 Å². The summed E-state index contributed by atoms with van der Waals surface area (Å²) in [7, 11) is 0. The normalized spacial score (nSPS) is 21.8. The SMILES string of the molecule is O=c1[nH]ccc2nc(CCCN3C4CCC3CN(c3ccc(Cl)cc3)C4)ccc12. The highest BCUT2D eigenvalue weighted by atomic mass is 35.5. The van der Waals surface area contributed by atoms with Crippen molar-refractivity contribution in [2.75, 3.05) is 24.5 Å². The molecule has 5 rings (SSSR count). The van der Waals surface area contributed by atoms with Gasteiger partial charge in [0.15, 0.2) is 0 Å². The molecule has 0 amide bonds. The van der Waals surface area contributed by atoms with Gasteiger partial charge in [-0.15, -0.1) is 0 Å². The quantitative estimate of drug-likeness (QED) is 0.696. The predicted octanol–water partition coefficient (Wildman–Crippen LogP) is 3.86. The van der Waals surface area contributed by atoms with E-state index in [0.717, 1.165) is 48.7 Å². The lowest BCUT2D eigenvalue weighted by Crippen LogP contribution is -2.54. The summed E-state index contributed by atoms with van der Waals surface area (Å²) in [6, 6.07) is 15.2. The molecule has 6 heteroatoms. The van der Waals surface area contributed by atoms with Gasteiger partial charge >= 0.3 is 0 Å². The highest BCUT2D eigenvalue weighted by molar-refractivity contribution is 6.30. The van der Waals surface area contributed by atoms with E-state index in [-0.39, 0.29) is 5.56 Å². The Morgan fingerprint density at radius 1 is 1.03 bits per heavy atom. The molecule has 2 aromatic heterocycles. The molecule has 1 aromatic carbocycles. The van der Waals surface area contributed by atoms with Crippen LogP contribution in [0.15, 0.2) is 53.5 Å². The van der Waals surface area contributed by atoms with Gasteiger partial charge < -0.3 is 9.88 Å². The van der Waals surface area contributed by atoms with Crippen molar-refractivity contribution < 1.29 is 0 Å². The molecule has 0 saturated carbocycles. The number of nitrogens with one attached hydrogen (secondary N) is 1. The average molecular weight is 409 g/mol. The van der Waals surface area contributed by atoms with Crippen LogP contribution in [0.3, 0.4) is 0 Å². The molecule has 150 valence electrons. The van der Waals surface area contributed by atoms with Gasteiger partial charge in [-0.25, -0.2) is 0 Å². The molecule has 2 fully saturated rings. The number of benzene rings is 1. The van der Waals surface area contributed by atoms with Gasteiger partial charge in [0.1, 0.15) is 0 Å². The Balaban J connectivity index is 1.20. The fourth-order valence-corrected chi connectivity index (χ4v) is 5.04. The first kappa shape index (κ1) is 18.6. The van der Waals surface area contributed by atoms with Crippen molar-refractivity contribution in [1.29, 1.82) is 0 Å². The van der Waals surface area contributed by atoms with Gasteiger partial charge in [0, 0.05) is 47.8 Å². The number of nitrogens with zero attached hydrogens (tertiary/aromatic N) is 3. The number of piperazine rings is 1. The molecule has 2 atom stereocenters. The van der Waals surface area contributed by atoms with Crippen LogP contribution in [0, 0.1) is 0 Å². The van der Waals surface area contributed by atoms with Gasteiger partial charge in [-0.1, -0.05) is 11.6 Å². The van der Waals surface area contributed by atoms with Crippen molar-refractivity contribution in [3.63, 3.8) is 0 Å². The first-order chi connectivity index (χ1) is 14.2. The first-order valence-electron chi connectivity index (χ1n) is 10.4. The number of aromatic amines is 1. The van der Waals surface area contributed by atoms with Crippen molar-refractivity contribution in [3.05, 3.63) is 69.7 Å². The van der Waals surface area contributed by atoms with Crippen LogP contribution in [0.25, 0.3) is 10.9 Å². The molecule has 5 nitrogen and oxygen atoms in total. The molecule has 0 aliphatic carbocycles. The van der Waals surface area contributed by atoms with Crippen LogP contribution >= 0.6 is 11.6 Å².